The van der Waals surface area contributed by atoms with E-state index in [4.69, 9.17) is 0 Å². The number of halogens is 2. The Bertz CT molecular complexity index is 509. The summed E-state index contributed by atoms with van der Waals surface area (Å²) in [5, 5.41) is 10.7. The van der Waals surface area contributed by atoms with Crippen molar-refractivity contribution in [3.8, 4) is 0 Å². The van der Waals surface area contributed by atoms with Crippen LogP contribution < -0.4 is 0 Å². The van der Waals surface area contributed by atoms with Crippen LogP contribution in [0.3, 0.4) is 0 Å². The van der Waals surface area contributed by atoms with Gasteiger partial charge in [-0.05, 0) is 56.5 Å². The minimum Gasteiger partial charge on any atom is -0.388 e. The summed E-state index contributed by atoms with van der Waals surface area (Å²) in [6.07, 6.45) is 3.96. The third-order valence-corrected chi connectivity index (χ3v) is 4.89. The first-order chi connectivity index (χ1) is 10.5. The predicted molar refractivity (Wildman–Crippen MR) is 81.5 cm³/mol. The first kappa shape index (κ1) is 15.8. The molecule has 3 nitrogen and oxygen atoms in total. The standard InChI is InChI=1S/C17H24F2N2O/c18-15-4-3-14(11-16(15)19)12-20-9-5-17(22,6-10-20)13-21-7-1-2-8-21/h3-4,11,22H,1-2,5-10,12-13H2. The molecule has 0 spiro atoms. The molecule has 3 rings (SSSR count). The molecule has 122 valence electrons. The van der Waals surface area contributed by atoms with Gasteiger partial charge in [0.15, 0.2) is 11.6 Å². The van der Waals surface area contributed by atoms with Gasteiger partial charge in [-0.1, -0.05) is 6.07 Å². The predicted octanol–water partition coefficient (Wildman–Crippen LogP) is 2.39. The molecule has 0 saturated carbocycles. The van der Waals surface area contributed by atoms with Crippen LogP contribution in [0.2, 0.25) is 0 Å². The Hall–Kier alpha value is -1.04. The normalized spacial score (nSPS) is 23.0. The van der Waals surface area contributed by atoms with E-state index in [9.17, 15) is 13.9 Å². The maximum Gasteiger partial charge on any atom is 0.159 e. The highest BCUT2D eigenvalue weighted by molar-refractivity contribution is 5.17. The van der Waals surface area contributed by atoms with Crippen LogP contribution >= 0.6 is 0 Å². The molecule has 2 fully saturated rings. The van der Waals surface area contributed by atoms with Crippen LogP contribution in [0.4, 0.5) is 8.78 Å². The van der Waals surface area contributed by atoms with E-state index in [0.29, 0.717) is 6.54 Å². The van der Waals surface area contributed by atoms with Crippen molar-refractivity contribution < 1.29 is 13.9 Å². The van der Waals surface area contributed by atoms with Gasteiger partial charge in [-0.2, -0.15) is 0 Å². The molecule has 0 bridgehead atoms. The van der Waals surface area contributed by atoms with Crippen molar-refractivity contribution in [2.45, 2.75) is 37.8 Å². The van der Waals surface area contributed by atoms with Crippen LogP contribution in [0.25, 0.3) is 0 Å². The zero-order valence-corrected chi connectivity index (χ0v) is 12.9. The summed E-state index contributed by atoms with van der Waals surface area (Å²) in [6.45, 7) is 5.16. The second kappa shape index (κ2) is 6.60. The Labute approximate surface area is 130 Å². The average molecular weight is 310 g/mol. The van der Waals surface area contributed by atoms with Gasteiger partial charge in [0.25, 0.3) is 0 Å². The molecule has 5 heteroatoms. The minimum atomic E-state index is -0.803. The summed E-state index contributed by atoms with van der Waals surface area (Å²) in [5.41, 5.74) is 0.193. The highest BCUT2D eigenvalue weighted by Gasteiger charge is 2.34. The molecule has 0 aromatic heterocycles. The smallest absolute Gasteiger partial charge is 0.159 e. The number of piperidine rings is 1. The van der Waals surface area contributed by atoms with E-state index in [0.717, 1.165) is 51.1 Å². The molecular weight excluding hydrogens is 286 g/mol. The maximum absolute atomic E-state index is 13.2. The molecule has 2 heterocycles. The topological polar surface area (TPSA) is 26.7 Å². The van der Waals surface area contributed by atoms with Crippen LogP contribution in [0, 0.1) is 11.6 Å². The zero-order valence-electron chi connectivity index (χ0n) is 12.9. The third kappa shape index (κ3) is 3.83. The molecule has 0 atom stereocenters. The average Bonchev–Trinajstić information content (AvgIpc) is 2.98. The number of hydrogen-bond donors (Lipinski definition) is 1. The molecule has 22 heavy (non-hydrogen) atoms. The summed E-state index contributed by atoms with van der Waals surface area (Å²) in [5.74, 6) is -1.59. The molecule has 2 saturated heterocycles. The summed E-state index contributed by atoms with van der Waals surface area (Å²) < 4.78 is 26.2. The molecule has 1 aromatic rings. The lowest BCUT2D eigenvalue weighted by Crippen LogP contribution is -2.50. The van der Waals surface area contributed by atoms with E-state index in [2.05, 4.69) is 9.80 Å². The van der Waals surface area contributed by atoms with E-state index in [1.54, 1.807) is 6.07 Å². The first-order valence-corrected chi connectivity index (χ1v) is 8.15. The minimum absolute atomic E-state index is 0.588. The van der Waals surface area contributed by atoms with Crippen LogP contribution in [0.5, 0.6) is 0 Å². The number of likely N-dealkylation sites (tertiary alicyclic amines) is 2. The number of benzene rings is 1. The van der Waals surface area contributed by atoms with Crippen LogP contribution in [0.1, 0.15) is 31.2 Å². The van der Waals surface area contributed by atoms with Crippen LogP contribution in [-0.4, -0.2) is 53.2 Å². The van der Waals surface area contributed by atoms with Crippen molar-refractivity contribution in [2.75, 3.05) is 32.7 Å². The van der Waals surface area contributed by atoms with E-state index < -0.39 is 17.2 Å². The van der Waals surface area contributed by atoms with Crippen molar-refractivity contribution in [3.05, 3.63) is 35.4 Å². The van der Waals surface area contributed by atoms with Gasteiger partial charge in [-0.3, -0.25) is 4.90 Å². The molecule has 2 aliphatic heterocycles. The quantitative estimate of drug-likeness (QED) is 0.925. The summed E-state index contributed by atoms with van der Waals surface area (Å²) in [4.78, 5) is 4.55. The first-order valence-electron chi connectivity index (χ1n) is 8.15. The van der Waals surface area contributed by atoms with Gasteiger partial charge in [0, 0.05) is 26.2 Å². The lowest BCUT2D eigenvalue weighted by atomic mass is 9.90. The monoisotopic (exact) mass is 310 g/mol. The Balaban J connectivity index is 1.51. The molecule has 0 amide bonds. The van der Waals surface area contributed by atoms with E-state index >= 15 is 0 Å². The lowest BCUT2D eigenvalue weighted by molar-refractivity contribution is -0.0430. The fourth-order valence-electron chi connectivity index (χ4n) is 3.54. The second-order valence-electron chi connectivity index (χ2n) is 6.73. The molecular formula is C17H24F2N2O. The third-order valence-electron chi connectivity index (χ3n) is 4.89. The zero-order chi connectivity index (χ0) is 15.6. The van der Waals surface area contributed by atoms with Gasteiger partial charge in [0.2, 0.25) is 0 Å². The van der Waals surface area contributed by atoms with Gasteiger partial charge in [0.1, 0.15) is 0 Å². The molecule has 2 aliphatic rings. The molecule has 1 N–H and O–H groups in total. The number of hydrogen-bond acceptors (Lipinski definition) is 3. The largest absolute Gasteiger partial charge is 0.388 e. The molecule has 0 aliphatic carbocycles. The Kier molecular flexibility index (Phi) is 4.76. The number of β-amino-alcohol motifs (C(OH)–C–C–N with tert-alkyl or cyclic N) is 1. The SMILES string of the molecule is OC1(CN2CCCC2)CCN(Cc2ccc(F)c(F)c2)CC1. The van der Waals surface area contributed by atoms with E-state index in [-0.39, 0.29) is 0 Å². The Morgan fingerprint density at radius 1 is 0.955 bits per heavy atom. The maximum atomic E-state index is 13.2. The van der Waals surface area contributed by atoms with Gasteiger partial charge in [0.05, 0.1) is 5.60 Å². The highest BCUT2D eigenvalue weighted by Crippen LogP contribution is 2.26. The van der Waals surface area contributed by atoms with E-state index in [1.165, 1.54) is 25.0 Å². The number of aliphatic hydroxyl groups is 1. The fourth-order valence-corrected chi connectivity index (χ4v) is 3.54. The highest BCUT2D eigenvalue weighted by atomic mass is 19.2. The van der Waals surface area contributed by atoms with E-state index in [1.807, 2.05) is 0 Å². The molecule has 0 radical (unpaired) electrons. The summed E-state index contributed by atoms with van der Waals surface area (Å²) >= 11 is 0. The van der Waals surface area contributed by atoms with Gasteiger partial charge in [-0.25, -0.2) is 8.78 Å². The van der Waals surface area contributed by atoms with Crippen molar-refractivity contribution >= 4 is 0 Å². The van der Waals surface area contributed by atoms with Gasteiger partial charge >= 0.3 is 0 Å². The van der Waals surface area contributed by atoms with Crippen molar-refractivity contribution in [2.24, 2.45) is 0 Å². The second-order valence-corrected chi connectivity index (χ2v) is 6.73. The van der Waals surface area contributed by atoms with Crippen LogP contribution in [0.15, 0.2) is 18.2 Å². The van der Waals surface area contributed by atoms with Gasteiger partial charge in [-0.15, -0.1) is 0 Å². The number of nitrogens with zero attached hydrogens (tertiary/aromatic N) is 2. The lowest BCUT2D eigenvalue weighted by Gasteiger charge is -2.40. The van der Waals surface area contributed by atoms with Crippen LogP contribution in [-0.2, 0) is 6.54 Å². The number of rotatable bonds is 4. The molecule has 1 aromatic carbocycles. The van der Waals surface area contributed by atoms with Gasteiger partial charge < -0.3 is 10.0 Å². The summed E-state index contributed by atoms with van der Waals surface area (Å²) in [7, 11) is 0. The summed E-state index contributed by atoms with van der Waals surface area (Å²) in [6, 6.07) is 4.07. The van der Waals surface area contributed by atoms with Crippen molar-refractivity contribution in [1.29, 1.82) is 0 Å². The Morgan fingerprint density at radius 2 is 1.64 bits per heavy atom. The van der Waals surface area contributed by atoms with Crippen molar-refractivity contribution in [3.63, 3.8) is 0 Å². The van der Waals surface area contributed by atoms with Crippen molar-refractivity contribution in [1.82, 2.24) is 9.80 Å². The fraction of sp³-hybridized carbons (Fsp3) is 0.647. The molecule has 0 unspecified atom stereocenters. The Morgan fingerprint density at radius 3 is 2.27 bits per heavy atom.